The molecule has 2 aromatic heterocycles. The van der Waals surface area contributed by atoms with Gasteiger partial charge in [-0.15, -0.1) is 10.2 Å². The molecule has 2 aliphatic carbocycles. The van der Waals surface area contributed by atoms with Crippen LogP contribution in [0.4, 0.5) is 0 Å². The van der Waals surface area contributed by atoms with Gasteiger partial charge in [-0.25, -0.2) is 0 Å². The number of hydrogen-bond acceptors (Lipinski definition) is 7. The van der Waals surface area contributed by atoms with E-state index in [0.717, 1.165) is 49.5 Å². The van der Waals surface area contributed by atoms with Crippen molar-refractivity contribution < 1.29 is 4.52 Å². The monoisotopic (exact) mass is 357 g/mol. The van der Waals surface area contributed by atoms with E-state index in [1.165, 1.54) is 32.1 Å². The molecule has 0 radical (unpaired) electrons. The molecule has 5 rings (SSSR count). The third-order valence-corrected chi connectivity index (χ3v) is 6.25. The second-order valence-corrected chi connectivity index (χ2v) is 8.16. The minimum absolute atomic E-state index is 0.156. The van der Waals surface area contributed by atoms with Crippen LogP contribution in [-0.2, 0) is 13.6 Å². The molecule has 1 aliphatic heterocycles. The summed E-state index contributed by atoms with van der Waals surface area (Å²) in [6.45, 7) is 3.71. The van der Waals surface area contributed by atoms with Crippen LogP contribution in [0, 0.1) is 0 Å². The molecule has 26 heavy (non-hydrogen) atoms. The van der Waals surface area contributed by atoms with Gasteiger partial charge in [-0.2, -0.15) is 4.98 Å². The molecule has 3 heterocycles. The Morgan fingerprint density at radius 1 is 1.04 bits per heavy atom. The minimum atomic E-state index is 0.156. The van der Waals surface area contributed by atoms with Gasteiger partial charge in [0.05, 0.1) is 6.54 Å². The first-order chi connectivity index (χ1) is 12.7. The van der Waals surface area contributed by atoms with E-state index in [-0.39, 0.29) is 6.04 Å². The van der Waals surface area contributed by atoms with Gasteiger partial charge < -0.3 is 9.09 Å². The predicted octanol–water partition coefficient (Wildman–Crippen LogP) is 1.83. The lowest BCUT2D eigenvalue weighted by molar-refractivity contribution is 0.0693. The van der Waals surface area contributed by atoms with E-state index in [4.69, 9.17) is 4.52 Å². The lowest BCUT2D eigenvalue weighted by Gasteiger charge is -2.37. The Hall–Kier alpha value is -1.80. The van der Waals surface area contributed by atoms with Gasteiger partial charge in [0.15, 0.2) is 5.82 Å². The molecule has 0 bridgehead atoms. The van der Waals surface area contributed by atoms with Crippen LogP contribution in [0.1, 0.15) is 73.3 Å². The fourth-order valence-electron chi connectivity index (χ4n) is 3.97. The van der Waals surface area contributed by atoms with Crippen LogP contribution < -0.4 is 0 Å². The Labute approximate surface area is 153 Å². The zero-order valence-electron chi connectivity index (χ0n) is 15.6. The molecule has 8 nitrogen and oxygen atoms in total. The van der Waals surface area contributed by atoms with Gasteiger partial charge in [-0.1, -0.05) is 11.6 Å². The van der Waals surface area contributed by atoms with Gasteiger partial charge in [0.1, 0.15) is 17.7 Å². The fraction of sp³-hybridized carbons (Fsp3) is 0.778. The van der Waals surface area contributed by atoms with Gasteiger partial charge in [-0.3, -0.25) is 9.80 Å². The number of aromatic nitrogens is 5. The highest BCUT2D eigenvalue weighted by Crippen LogP contribution is 2.39. The Morgan fingerprint density at radius 2 is 1.88 bits per heavy atom. The number of hydrogen-bond donors (Lipinski definition) is 0. The van der Waals surface area contributed by atoms with Crippen molar-refractivity contribution >= 4 is 0 Å². The molecule has 2 saturated carbocycles. The summed E-state index contributed by atoms with van der Waals surface area (Å²) >= 11 is 0. The topological polar surface area (TPSA) is 76.1 Å². The van der Waals surface area contributed by atoms with Crippen LogP contribution >= 0.6 is 0 Å². The molecular weight excluding hydrogens is 330 g/mol. The van der Waals surface area contributed by atoms with E-state index in [2.05, 4.69) is 48.8 Å². The summed E-state index contributed by atoms with van der Waals surface area (Å²) in [5.74, 6) is 5.00. The average Bonchev–Trinajstić information content (AvgIpc) is 3.24. The summed E-state index contributed by atoms with van der Waals surface area (Å²) in [7, 11) is 4.25. The smallest absolute Gasteiger partial charge is 0.245 e. The Balaban J connectivity index is 1.28. The molecule has 1 atom stereocenters. The van der Waals surface area contributed by atoms with Crippen molar-refractivity contribution in [3.05, 3.63) is 23.4 Å². The van der Waals surface area contributed by atoms with Crippen molar-refractivity contribution in [2.45, 2.75) is 56.5 Å². The second kappa shape index (κ2) is 6.42. The molecular formula is C18H27N7O. The van der Waals surface area contributed by atoms with Crippen molar-refractivity contribution in [1.82, 2.24) is 34.7 Å². The SMILES string of the molecule is CN1CCN(Cc2nnc(C3CCC3)n2C)C[C@H]1c1nc(C2CC2)no1. The molecule has 140 valence electrons. The third-order valence-electron chi connectivity index (χ3n) is 6.25. The highest BCUT2D eigenvalue weighted by molar-refractivity contribution is 5.07. The highest BCUT2D eigenvalue weighted by Gasteiger charge is 2.34. The molecule has 2 aromatic rings. The summed E-state index contributed by atoms with van der Waals surface area (Å²) < 4.78 is 7.80. The van der Waals surface area contributed by atoms with Crippen LogP contribution in [0.25, 0.3) is 0 Å². The first-order valence-corrected chi connectivity index (χ1v) is 9.83. The summed E-state index contributed by atoms with van der Waals surface area (Å²) in [6, 6.07) is 0.156. The number of likely N-dealkylation sites (N-methyl/N-ethyl adjacent to an activating group) is 1. The molecule has 0 unspecified atom stereocenters. The van der Waals surface area contributed by atoms with Crippen LogP contribution in [0.3, 0.4) is 0 Å². The lowest BCUT2D eigenvalue weighted by atomic mass is 9.85. The van der Waals surface area contributed by atoms with Crippen LogP contribution in [0.2, 0.25) is 0 Å². The molecule has 0 N–H and O–H groups in total. The van der Waals surface area contributed by atoms with E-state index in [0.29, 0.717) is 11.8 Å². The highest BCUT2D eigenvalue weighted by atomic mass is 16.5. The Kier molecular flexibility index (Phi) is 4.04. The van der Waals surface area contributed by atoms with Crippen molar-refractivity contribution in [1.29, 1.82) is 0 Å². The molecule has 3 fully saturated rings. The summed E-state index contributed by atoms with van der Waals surface area (Å²) in [4.78, 5) is 9.42. The molecule has 0 amide bonds. The van der Waals surface area contributed by atoms with Gasteiger partial charge in [0.2, 0.25) is 5.89 Å². The van der Waals surface area contributed by atoms with E-state index >= 15 is 0 Å². The normalized spacial score (nSPS) is 25.5. The molecule has 0 spiro atoms. The largest absolute Gasteiger partial charge is 0.338 e. The van der Waals surface area contributed by atoms with E-state index in [1.54, 1.807) is 0 Å². The Morgan fingerprint density at radius 3 is 2.62 bits per heavy atom. The summed E-state index contributed by atoms with van der Waals surface area (Å²) in [5, 5.41) is 13.1. The average molecular weight is 357 g/mol. The van der Waals surface area contributed by atoms with Gasteiger partial charge in [-0.05, 0) is 32.7 Å². The molecule has 3 aliphatic rings. The third kappa shape index (κ3) is 2.95. The van der Waals surface area contributed by atoms with Crippen molar-refractivity contribution in [3.8, 4) is 0 Å². The quantitative estimate of drug-likeness (QED) is 0.808. The first kappa shape index (κ1) is 16.4. The maximum absolute atomic E-state index is 5.59. The van der Waals surface area contributed by atoms with Crippen molar-refractivity contribution in [2.24, 2.45) is 7.05 Å². The van der Waals surface area contributed by atoms with E-state index < -0.39 is 0 Å². The zero-order chi connectivity index (χ0) is 17.7. The van der Waals surface area contributed by atoms with Crippen molar-refractivity contribution in [3.63, 3.8) is 0 Å². The second-order valence-electron chi connectivity index (χ2n) is 8.16. The number of piperazine rings is 1. The van der Waals surface area contributed by atoms with Gasteiger partial charge in [0, 0.05) is 38.5 Å². The predicted molar refractivity (Wildman–Crippen MR) is 94.5 cm³/mol. The van der Waals surface area contributed by atoms with Crippen LogP contribution in [-0.4, -0.2) is 61.4 Å². The van der Waals surface area contributed by atoms with Crippen LogP contribution in [0.15, 0.2) is 4.52 Å². The van der Waals surface area contributed by atoms with E-state index in [1.807, 2.05) is 0 Å². The maximum atomic E-state index is 5.59. The molecule has 0 aromatic carbocycles. The van der Waals surface area contributed by atoms with Gasteiger partial charge in [0.25, 0.3) is 0 Å². The lowest BCUT2D eigenvalue weighted by Crippen LogP contribution is -2.46. The standard InChI is InChI=1S/C18H27N7O/c1-23-8-9-25(10-14(23)18-19-16(22-26-18)12-6-7-12)11-15-20-21-17(24(15)2)13-4-3-5-13/h12-14H,3-11H2,1-2H3/t14-/m0/s1. The maximum Gasteiger partial charge on any atom is 0.245 e. The van der Waals surface area contributed by atoms with Crippen LogP contribution in [0.5, 0.6) is 0 Å². The Bertz CT molecular complexity index is 776. The van der Waals surface area contributed by atoms with Crippen molar-refractivity contribution in [2.75, 3.05) is 26.7 Å². The molecule has 1 saturated heterocycles. The number of rotatable bonds is 5. The number of nitrogens with zero attached hydrogens (tertiary/aromatic N) is 7. The summed E-state index contributed by atoms with van der Waals surface area (Å²) in [5.41, 5.74) is 0. The summed E-state index contributed by atoms with van der Waals surface area (Å²) in [6.07, 6.45) is 6.22. The van der Waals surface area contributed by atoms with E-state index in [9.17, 15) is 0 Å². The minimum Gasteiger partial charge on any atom is -0.338 e. The first-order valence-electron chi connectivity index (χ1n) is 9.83. The fourth-order valence-corrected chi connectivity index (χ4v) is 3.97. The zero-order valence-corrected chi connectivity index (χ0v) is 15.6. The molecule has 8 heteroatoms. The van der Waals surface area contributed by atoms with Gasteiger partial charge >= 0.3 is 0 Å².